The van der Waals surface area contributed by atoms with Crippen LogP contribution >= 0.6 is 0 Å². The van der Waals surface area contributed by atoms with Crippen LogP contribution in [0.25, 0.3) is 0 Å². The molecule has 0 aromatic heterocycles. The summed E-state index contributed by atoms with van der Waals surface area (Å²) in [6, 6.07) is 8.81. The zero-order valence-electron chi connectivity index (χ0n) is 9.71. The first-order valence-electron chi connectivity index (χ1n) is 5.98. The second-order valence-electron chi connectivity index (χ2n) is 4.07. The van der Waals surface area contributed by atoms with Crippen molar-refractivity contribution in [1.82, 2.24) is 0 Å². The minimum absolute atomic E-state index is 0.871. The van der Waals surface area contributed by atoms with Gasteiger partial charge in [-0.3, -0.25) is 0 Å². The molecule has 0 saturated heterocycles. The zero-order valence-corrected chi connectivity index (χ0v) is 9.71. The average Bonchev–Trinajstić information content (AvgIpc) is 2.27. The molecule has 15 heavy (non-hydrogen) atoms. The van der Waals surface area contributed by atoms with E-state index in [-0.39, 0.29) is 0 Å². The third-order valence-electron chi connectivity index (χ3n) is 2.70. The summed E-state index contributed by atoms with van der Waals surface area (Å²) >= 11 is 0. The molecule has 0 aliphatic heterocycles. The molecule has 0 unspecified atom stereocenters. The molecule has 1 aromatic carbocycles. The minimum Gasteiger partial charge on any atom is -0.0801 e. The second-order valence-corrected chi connectivity index (χ2v) is 4.07. The van der Waals surface area contributed by atoms with Gasteiger partial charge in [0.15, 0.2) is 0 Å². The van der Waals surface area contributed by atoms with Crippen LogP contribution in [0.4, 0.5) is 0 Å². The maximum atomic E-state index is 5.39. The smallest absolute Gasteiger partial charge is 0.00943 e. The Hall–Kier alpha value is -1.04. The van der Waals surface area contributed by atoms with Crippen molar-refractivity contribution in [3.63, 3.8) is 0 Å². The lowest BCUT2D eigenvalue weighted by atomic mass is 10.0. The van der Waals surface area contributed by atoms with Gasteiger partial charge in [0.05, 0.1) is 0 Å². The molecular formula is C15H21. The Morgan fingerprint density at radius 2 is 1.67 bits per heavy atom. The number of unbranched alkanes of at least 4 members (excludes halogenated alkanes) is 3. The maximum Gasteiger partial charge on any atom is -0.00943 e. The Balaban J connectivity index is 2.32. The third-order valence-corrected chi connectivity index (χ3v) is 2.70. The van der Waals surface area contributed by atoms with Crippen LogP contribution in [0.2, 0.25) is 0 Å². The molecule has 1 rings (SSSR count). The molecule has 0 aliphatic rings. The van der Waals surface area contributed by atoms with Gasteiger partial charge in [0.25, 0.3) is 0 Å². The van der Waals surface area contributed by atoms with E-state index in [1.165, 1.54) is 43.2 Å². The molecule has 1 radical (unpaired) electrons. The third kappa shape index (κ3) is 4.83. The van der Waals surface area contributed by atoms with Crippen LogP contribution in [0, 0.1) is 6.58 Å². The summed E-state index contributed by atoms with van der Waals surface area (Å²) in [5, 5.41) is 0. The molecule has 0 fully saturated rings. The molecule has 0 bridgehead atoms. The lowest BCUT2D eigenvalue weighted by Gasteiger charge is -2.02. The van der Waals surface area contributed by atoms with Gasteiger partial charge in [0, 0.05) is 0 Å². The fraction of sp³-hybridized carbons (Fsp3) is 0.467. The molecule has 0 nitrogen and oxygen atoms in total. The lowest BCUT2D eigenvalue weighted by Crippen LogP contribution is -1.87. The Bertz CT molecular complexity index is 269. The highest BCUT2D eigenvalue weighted by molar-refractivity contribution is 5.23. The average molecular weight is 201 g/mol. The maximum absolute atomic E-state index is 5.39. The Morgan fingerprint density at radius 1 is 1.00 bits per heavy atom. The van der Waals surface area contributed by atoms with Gasteiger partial charge >= 0.3 is 0 Å². The highest BCUT2D eigenvalue weighted by Gasteiger charge is 1.94. The number of aryl methyl sites for hydroxylation is 1. The van der Waals surface area contributed by atoms with Crippen LogP contribution in [0.1, 0.15) is 43.7 Å². The van der Waals surface area contributed by atoms with Crippen molar-refractivity contribution in [1.29, 1.82) is 0 Å². The Kier molecular flexibility index (Phi) is 5.84. The van der Waals surface area contributed by atoms with Crippen LogP contribution in [-0.2, 0) is 12.8 Å². The van der Waals surface area contributed by atoms with E-state index >= 15 is 0 Å². The van der Waals surface area contributed by atoms with Crippen LogP contribution in [0.3, 0.4) is 0 Å². The number of hydrogen-bond acceptors (Lipinski definition) is 0. The van der Waals surface area contributed by atoms with Crippen molar-refractivity contribution in [3.05, 3.63) is 48.0 Å². The van der Waals surface area contributed by atoms with Crippen LogP contribution in [0.5, 0.6) is 0 Å². The van der Waals surface area contributed by atoms with E-state index in [4.69, 9.17) is 6.58 Å². The fourth-order valence-corrected chi connectivity index (χ4v) is 1.73. The summed E-state index contributed by atoms with van der Waals surface area (Å²) in [5.74, 6) is 0. The first-order chi connectivity index (χ1) is 7.36. The zero-order chi connectivity index (χ0) is 10.9. The fourth-order valence-electron chi connectivity index (χ4n) is 1.73. The topological polar surface area (TPSA) is 0 Å². The molecule has 81 valence electrons. The van der Waals surface area contributed by atoms with E-state index in [2.05, 4.69) is 31.2 Å². The highest BCUT2D eigenvalue weighted by Crippen LogP contribution is 2.10. The number of hydrogen-bond donors (Lipinski definition) is 0. The molecule has 0 spiro atoms. The predicted molar refractivity (Wildman–Crippen MR) is 66.9 cm³/mol. The number of allylic oxidation sites excluding steroid dienone is 1. The van der Waals surface area contributed by atoms with E-state index in [0.717, 1.165) is 6.42 Å². The second kappa shape index (κ2) is 7.28. The van der Waals surface area contributed by atoms with Gasteiger partial charge in [0.2, 0.25) is 0 Å². The van der Waals surface area contributed by atoms with Crippen molar-refractivity contribution in [3.8, 4) is 0 Å². The van der Waals surface area contributed by atoms with Crippen LogP contribution in [0.15, 0.2) is 30.3 Å². The van der Waals surface area contributed by atoms with Crippen molar-refractivity contribution >= 4 is 0 Å². The molecule has 1 aromatic rings. The largest absolute Gasteiger partial charge is 0.0801 e. The molecule has 0 heteroatoms. The first kappa shape index (κ1) is 12.0. The Morgan fingerprint density at radius 3 is 2.27 bits per heavy atom. The molecular weight excluding hydrogens is 180 g/mol. The van der Waals surface area contributed by atoms with Crippen molar-refractivity contribution in [2.75, 3.05) is 0 Å². The van der Waals surface area contributed by atoms with Gasteiger partial charge in [-0.15, -0.1) is 0 Å². The summed E-state index contributed by atoms with van der Waals surface area (Å²) in [6.07, 6.45) is 9.13. The van der Waals surface area contributed by atoms with E-state index in [1.54, 1.807) is 6.08 Å². The van der Waals surface area contributed by atoms with Gasteiger partial charge < -0.3 is 0 Å². The normalized spacial score (nSPS) is 10.2. The van der Waals surface area contributed by atoms with Crippen molar-refractivity contribution < 1.29 is 0 Å². The highest BCUT2D eigenvalue weighted by atomic mass is 14.0. The molecule has 0 heterocycles. The van der Waals surface area contributed by atoms with Crippen LogP contribution < -0.4 is 0 Å². The summed E-state index contributed by atoms with van der Waals surface area (Å²) in [6.45, 7) is 7.64. The quantitative estimate of drug-likeness (QED) is 0.576. The van der Waals surface area contributed by atoms with Gasteiger partial charge in [-0.25, -0.2) is 0 Å². The van der Waals surface area contributed by atoms with Crippen molar-refractivity contribution in [2.45, 2.75) is 45.4 Å². The Labute approximate surface area is 94.0 Å². The number of benzene rings is 1. The molecule has 0 N–H and O–H groups in total. The molecule has 0 amide bonds. The van der Waals surface area contributed by atoms with Crippen LogP contribution in [-0.4, -0.2) is 0 Å². The van der Waals surface area contributed by atoms with E-state index in [1.807, 2.05) is 0 Å². The molecule has 0 atom stereocenters. The minimum atomic E-state index is 0.871. The van der Waals surface area contributed by atoms with Gasteiger partial charge in [-0.05, 0) is 30.4 Å². The van der Waals surface area contributed by atoms with Crippen molar-refractivity contribution in [2.24, 2.45) is 0 Å². The van der Waals surface area contributed by atoms with Gasteiger partial charge in [-0.2, -0.15) is 0 Å². The van der Waals surface area contributed by atoms with Gasteiger partial charge in [0.1, 0.15) is 0 Å². The number of rotatable bonds is 7. The first-order valence-corrected chi connectivity index (χ1v) is 5.98. The monoisotopic (exact) mass is 201 g/mol. The standard InChI is InChI=1S/C15H21/c1-3-5-6-7-9-15-12-10-14(8-4-2)11-13-15/h2,4,10-13H,3,5-9H2,1H3. The van der Waals surface area contributed by atoms with E-state index in [9.17, 15) is 0 Å². The predicted octanol–water partition coefficient (Wildman–Crippen LogP) is 4.34. The molecule has 0 aliphatic carbocycles. The molecule has 0 saturated carbocycles. The lowest BCUT2D eigenvalue weighted by molar-refractivity contribution is 0.667. The summed E-state index contributed by atoms with van der Waals surface area (Å²) in [4.78, 5) is 0. The van der Waals surface area contributed by atoms with E-state index in [0.29, 0.717) is 0 Å². The SMILES string of the molecule is [CH]=CCc1ccc(CCCCCC)cc1. The van der Waals surface area contributed by atoms with E-state index < -0.39 is 0 Å². The van der Waals surface area contributed by atoms with Gasteiger partial charge in [-0.1, -0.05) is 63.1 Å². The summed E-state index contributed by atoms with van der Waals surface area (Å²) in [5.41, 5.74) is 2.75. The summed E-state index contributed by atoms with van der Waals surface area (Å²) < 4.78 is 0. The summed E-state index contributed by atoms with van der Waals surface area (Å²) in [7, 11) is 0.